The highest BCUT2D eigenvalue weighted by molar-refractivity contribution is 6.17. The van der Waals surface area contributed by atoms with Crippen molar-refractivity contribution < 1.29 is 4.92 Å². The van der Waals surface area contributed by atoms with Crippen LogP contribution in [0.5, 0.6) is 0 Å². The van der Waals surface area contributed by atoms with Crippen LogP contribution in [-0.2, 0) is 5.88 Å². The normalized spacial score (nSPS) is 9.70. The van der Waals surface area contributed by atoms with Crippen LogP contribution in [0, 0.1) is 10.1 Å². The predicted molar refractivity (Wildman–Crippen MR) is 37.0 cm³/mol. The van der Waals surface area contributed by atoms with E-state index < -0.39 is 4.92 Å². The molecule has 0 bridgehead atoms. The van der Waals surface area contributed by atoms with Crippen LogP contribution >= 0.6 is 11.6 Å². The van der Waals surface area contributed by atoms with Gasteiger partial charge in [-0.15, -0.1) is 11.6 Å². The number of nitro groups is 1. The van der Waals surface area contributed by atoms with Gasteiger partial charge in [-0.25, -0.2) is 4.98 Å². The number of alkyl halides is 1. The molecule has 0 aliphatic heterocycles. The molecular weight excluding hydrogens is 156 g/mol. The van der Waals surface area contributed by atoms with Crippen LogP contribution in [0.3, 0.4) is 0 Å². The summed E-state index contributed by atoms with van der Waals surface area (Å²) in [7, 11) is 0. The van der Waals surface area contributed by atoms with Gasteiger partial charge in [0, 0.05) is 0 Å². The maximum Gasteiger partial charge on any atom is 0.325 e. The van der Waals surface area contributed by atoms with Crippen LogP contribution in [-0.4, -0.2) is 9.91 Å². The zero-order chi connectivity index (χ0) is 7.56. The summed E-state index contributed by atoms with van der Waals surface area (Å²) in [4.78, 5) is 12.1. The molecule has 1 aromatic heterocycles. The molecule has 10 heavy (non-hydrogen) atoms. The van der Waals surface area contributed by atoms with E-state index in [4.69, 9.17) is 11.6 Å². The van der Waals surface area contributed by atoms with Crippen LogP contribution in [0.2, 0.25) is 0 Å². The summed E-state index contributed by atoms with van der Waals surface area (Å²) in [5, 5.41) is 10.2. The van der Waals surface area contributed by atoms with Crippen LogP contribution in [0.1, 0.15) is 5.56 Å². The average molecular weight is 161 g/mol. The van der Waals surface area contributed by atoms with Gasteiger partial charge in [0.15, 0.2) is 0 Å². The first-order valence-corrected chi connectivity index (χ1v) is 3.15. The predicted octanol–water partition coefficient (Wildman–Crippen LogP) is 1.66. The smallest absolute Gasteiger partial charge is 0.325 e. The molecule has 5 heteroatoms. The minimum Gasteiger partial charge on any atom is -0.358 e. The summed E-state index contributed by atoms with van der Waals surface area (Å²) < 4.78 is 0. The van der Waals surface area contributed by atoms with Gasteiger partial charge in [0.1, 0.15) is 0 Å². The Bertz CT molecular complexity index is 246. The Hall–Kier alpha value is -1.03. The summed E-state index contributed by atoms with van der Waals surface area (Å²) in [6.45, 7) is 0. The molecule has 0 fully saturated rings. The molecule has 0 radical (unpaired) electrons. The van der Waals surface area contributed by atoms with Crippen molar-refractivity contribution in [1.29, 1.82) is 0 Å². The molecule has 54 valence electrons. The molecule has 0 unspecified atom stereocenters. The van der Waals surface area contributed by atoms with Gasteiger partial charge in [0.2, 0.25) is 0 Å². The van der Waals surface area contributed by atoms with E-state index in [9.17, 15) is 10.1 Å². The van der Waals surface area contributed by atoms with E-state index in [1.807, 2.05) is 0 Å². The van der Waals surface area contributed by atoms with E-state index in [0.29, 0.717) is 5.56 Å². The molecule has 0 saturated heterocycles. The van der Waals surface area contributed by atoms with E-state index in [0.717, 1.165) is 0 Å². The summed E-state index contributed by atoms with van der Waals surface area (Å²) in [5.41, 5.74) is 0.520. The third-order valence-electron chi connectivity index (χ3n) is 1.14. The van der Waals surface area contributed by atoms with Crippen molar-refractivity contribution in [3.63, 3.8) is 0 Å². The first-order chi connectivity index (χ1) is 4.75. The van der Waals surface area contributed by atoms with Gasteiger partial charge in [-0.2, -0.15) is 0 Å². The Kier molecular flexibility index (Phi) is 1.91. The van der Waals surface area contributed by atoms with E-state index in [1.165, 1.54) is 6.20 Å². The van der Waals surface area contributed by atoms with Crippen molar-refractivity contribution in [3.8, 4) is 0 Å². The van der Waals surface area contributed by atoms with Crippen molar-refractivity contribution in [2.75, 3.05) is 0 Å². The molecule has 1 aromatic rings. The second-order valence-electron chi connectivity index (χ2n) is 1.74. The Morgan fingerprint density at radius 1 is 1.80 bits per heavy atom. The molecule has 0 spiro atoms. The van der Waals surface area contributed by atoms with Gasteiger partial charge in [-0.1, -0.05) is 0 Å². The third kappa shape index (κ3) is 1.11. The number of hydrogen-bond acceptors (Lipinski definition) is 2. The highest BCUT2D eigenvalue weighted by Crippen LogP contribution is 2.16. The first kappa shape index (κ1) is 7.08. The topological polar surface area (TPSA) is 58.9 Å². The third-order valence-corrected chi connectivity index (χ3v) is 1.42. The highest BCUT2D eigenvalue weighted by Gasteiger charge is 2.10. The fraction of sp³-hybridized carbons (Fsp3) is 0.200. The fourth-order valence-electron chi connectivity index (χ4n) is 0.671. The molecule has 0 amide bonds. The zero-order valence-electron chi connectivity index (χ0n) is 5.00. The fourth-order valence-corrected chi connectivity index (χ4v) is 0.886. The van der Waals surface area contributed by atoms with Crippen molar-refractivity contribution in [1.82, 2.24) is 4.98 Å². The van der Waals surface area contributed by atoms with E-state index in [-0.39, 0.29) is 11.7 Å². The largest absolute Gasteiger partial charge is 0.358 e. The lowest BCUT2D eigenvalue weighted by Crippen LogP contribution is -1.90. The molecule has 0 aliphatic rings. The quantitative estimate of drug-likeness (QED) is 0.406. The first-order valence-electron chi connectivity index (χ1n) is 2.62. The number of nitrogens with zero attached hydrogens (tertiary/aromatic N) is 1. The minimum atomic E-state index is -0.488. The molecule has 0 atom stereocenters. The van der Waals surface area contributed by atoms with Crippen LogP contribution in [0.15, 0.2) is 12.3 Å². The van der Waals surface area contributed by atoms with Crippen molar-refractivity contribution >= 4 is 17.4 Å². The Morgan fingerprint density at radius 2 is 2.50 bits per heavy atom. The van der Waals surface area contributed by atoms with E-state index in [1.54, 1.807) is 6.07 Å². The number of rotatable bonds is 2. The standard InChI is InChI=1S/C5H5ClN2O2/c6-3-4-1-2-7-5(4)8(9)10/h1-2,7H,3H2. The van der Waals surface area contributed by atoms with Gasteiger partial charge in [-0.05, 0) is 11.0 Å². The second-order valence-corrected chi connectivity index (χ2v) is 2.01. The van der Waals surface area contributed by atoms with E-state index in [2.05, 4.69) is 4.98 Å². The molecule has 0 saturated carbocycles. The maximum absolute atomic E-state index is 10.2. The Balaban J connectivity index is 3.01. The van der Waals surface area contributed by atoms with Gasteiger partial charge in [0.05, 0.1) is 17.6 Å². The summed E-state index contributed by atoms with van der Waals surface area (Å²) >= 11 is 5.39. The number of halogens is 1. The molecule has 4 nitrogen and oxygen atoms in total. The molecule has 1 heterocycles. The Morgan fingerprint density at radius 3 is 2.90 bits per heavy atom. The van der Waals surface area contributed by atoms with Gasteiger partial charge >= 0.3 is 5.82 Å². The van der Waals surface area contributed by atoms with Crippen LogP contribution in [0.4, 0.5) is 5.82 Å². The Labute approximate surface area is 62.0 Å². The summed E-state index contributed by atoms with van der Waals surface area (Å²) in [6, 6.07) is 1.59. The highest BCUT2D eigenvalue weighted by atomic mass is 35.5. The maximum atomic E-state index is 10.2. The van der Waals surface area contributed by atoms with Crippen molar-refractivity contribution in [3.05, 3.63) is 27.9 Å². The number of H-pyrrole nitrogens is 1. The lowest BCUT2D eigenvalue weighted by molar-refractivity contribution is -0.389. The molecule has 0 aromatic carbocycles. The van der Waals surface area contributed by atoms with Gasteiger partial charge < -0.3 is 10.1 Å². The number of aromatic amines is 1. The van der Waals surface area contributed by atoms with Crippen molar-refractivity contribution in [2.24, 2.45) is 0 Å². The molecule has 1 rings (SSSR count). The summed E-state index contributed by atoms with van der Waals surface area (Å²) in [6.07, 6.45) is 1.50. The summed E-state index contributed by atoms with van der Waals surface area (Å²) in [5.74, 6) is 0.148. The monoisotopic (exact) mass is 160 g/mol. The molecule has 1 N–H and O–H groups in total. The van der Waals surface area contributed by atoms with Crippen LogP contribution < -0.4 is 0 Å². The number of hydrogen-bond donors (Lipinski definition) is 1. The van der Waals surface area contributed by atoms with E-state index >= 15 is 0 Å². The molecular formula is C5H5ClN2O2. The number of aromatic nitrogens is 1. The lowest BCUT2D eigenvalue weighted by Gasteiger charge is -1.91. The SMILES string of the molecule is O=[N+]([O-])c1[nH]ccc1CCl. The van der Waals surface area contributed by atoms with Gasteiger partial charge in [-0.3, -0.25) is 0 Å². The average Bonchev–Trinajstić information content (AvgIpc) is 2.33. The second kappa shape index (κ2) is 2.70. The van der Waals surface area contributed by atoms with Gasteiger partial charge in [0.25, 0.3) is 0 Å². The molecule has 0 aliphatic carbocycles. The zero-order valence-corrected chi connectivity index (χ0v) is 5.76. The van der Waals surface area contributed by atoms with Crippen LogP contribution in [0.25, 0.3) is 0 Å². The van der Waals surface area contributed by atoms with Crippen molar-refractivity contribution in [2.45, 2.75) is 5.88 Å². The minimum absolute atomic E-state index is 0.0185. The lowest BCUT2D eigenvalue weighted by atomic mass is 10.4. The number of nitrogens with one attached hydrogen (secondary N) is 1.